The lowest BCUT2D eigenvalue weighted by Gasteiger charge is -2.13. The second-order valence-electron chi connectivity index (χ2n) is 5.50. The molecule has 0 aliphatic carbocycles. The van der Waals surface area contributed by atoms with Gasteiger partial charge in [0.15, 0.2) is 0 Å². The molecule has 7 heteroatoms. The molecule has 0 saturated carbocycles. The number of rotatable bonds is 6. The minimum Gasteiger partial charge on any atom is -0.345 e. The Kier molecular flexibility index (Phi) is 6.83. The van der Waals surface area contributed by atoms with E-state index in [1.54, 1.807) is 43.6 Å². The summed E-state index contributed by atoms with van der Waals surface area (Å²) < 4.78 is 1.10. The molecule has 24 heavy (non-hydrogen) atoms. The van der Waals surface area contributed by atoms with Crippen LogP contribution in [0, 0.1) is 0 Å². The number of hydrogen-bond acceptors (Lipinski definition) is 3. The smallest absolute Gasteiger partial charge is 0.254 e. The Bertz CT molecular complexity index is 746. The molecule has 1 aromatic carbocycles. The summed E-state index contributed by atoms with van der Waals surface area (Å²) in [4.78, 5) is 26.8. The minimum atomic E-state index is -0.195. The number of halogens is 2. The van der Waals surface area contributed by atoms with Crippen molar-refractivity contribution in [3.05, 3.63) is 49.6 Å². The third-order valence-corrected chi connectivity index (χ3v) is 5.36. The van der Waals surface area contributed by atoms with E-state index < -0.39 is 0 Å². The van der Waals surface area contributed by atoms with Gasteiger partial charge < -0.3 is 10.2 Å². The molecule has 0 aliphatic rings. The lowest BCUT2D eigenvalue weighted by atomic mass is 10.1. The van der Waals surface area contributed by atoms with Crippen LogP contribution in [0.15, 0.2) is 34.1 Å². The molecule has 2 amide bonds. The highest BCUT2D eigenvalue weighted by Gasteiger charge is 2.14. The van der Waals surface area contributed by atoms with E-state index in [0.29, 0.717) is 22.7 Å². The topological polar surface area (TPSA) is 49.4 Å². The SMILES string of the molecule is CN(C)C(=O)c1cc(NC(=O)CCCc2ccc(Br)s2)ccc1Cl. The van der Waals surface area contributed by atoms with Crippen LogP contribution in [0.5, 0.6) is 0 Å². The molecule has 0 bridgehead atoms. The Labute approximate surface area is 158 Å². The van der Waals surface area contributed by atoms with Gasteiger partial charge in [0.05, 0.1) is 14.4 Å². The number of carbonyl (C=O) groups is 2. The zero-order chi connectivity index (χ0) is 17.7. The minimum absolute atomic E-state index is 0.0730. The maximum atomic E-state index is 12.1. The molecule has 2 aromatic rings. The number of anilines is 1. The summed E-state index contributed by atoms with van der Waals surface area (Å²) in [6.45, 7) is 0. The summed E-state index contributed by atoms with van der Waals surface area (Å²) in [5, 5.41) is 3.19. The van der Waals surface area contributed by atoms with Gasteiger partial charge in [0.1, 0.15) is 0 Å². The summed E-state index contributed by atoms with van der Waals surface area (Å²) >= 11 is 11.2. The van der Waals surface area contributed by atoms with Crippen LogP contribution in [-0.4, -0.2) is 30.8 Å². The molecule has 2 rings (SSSR count). The molecule has 4 nitrogen and oxygen atoms in total. The number of aryl methyl sites for hydroxylation is 1. The Balaban J connectivity index is 1.91. The molecule has 0 atom stereocenters. The van der Waals surface area contributed by atoms with E-state index in [1.807, 2.05) is 6.07 Å². The predicted octanol–water partition coefficient (Wildman–Crippen LogP) is 4.83. The number of hydrogen-bond donors (Lipinski definition) is 1. The first-order valence-corrected chi connectivity index (χ1v) is 9.41. The second kappa shape index (κ2) is 8.65. The van der Waals surface area contributed by atoms with Gasteiger partial charge in [-0.2, -0.15) is 0 Å². The molecule has 1 N–H and O–H groups in total. The fourth-order valence-corrected chi connectivity index (χ4v) is 3.86. The summed E-state index contributed by atoms with van der Waals surface area (Å²) in [6.07, 6.45) is 2.07. The molecule has 1 aromatic heterocycles. The van der Waals surface area contributed by atoms with E-state index in [0.717, 1.165) is 16.6 Å². The van der Waals surface area contributed by atoms with Crippen LogP contribution in [0.3, 0.4) is 0 Å². The van der Waals surface area contributed by atoms with Gasteiger partial charge in [0.25, 0.3) is 5.91 Å². The molecule has 0 radical (unpaired) electrons. The largest absolute Gasteiger partial charge is 0.345 e. The first-order chi connectivity index (χ1) is 11.4. The Morgan fingerprint density at radius 1 is 1.25 bits per heavy atom. The third kappa shape index (κ3) is 5.33. The highest BCUT2D eigenvalue weighted by Crippen LogP contribution is 2.24. The van der Waals surface area contributed by atoms with E-state index in [1.165, 1.54) is 9.78 Å². The van der Waals surface area contributed by atoms with Gasteiger partial charge >= 0.3 is 0 Å². The van der Waals surface area contributed by atoms with Crippen LogP contribution < -0.4 is 5.32 Å². The molecule has 1 heterocycles. The van der Waals surface area contributed by atoms with Gasteiger partial charge in [-0.05, 0) is 59.1 Å². The van der Waals surface area contributed by atoms with Gasteiger partial charge in [-0.15, -0.1) is 11.3 Å². The van der Waals surface area contributed by atoms with Crippen molar-refractivity contribution in [3.8, 4) is 0 Å². The van der Waals surface area contributed by atoms with Crippen LogP contribution in [0.1, 0.15) is 28.1 Å². The van der Waals surface area contributed by atoms with Crippen LogP contribution in [-0.2, 0) is 11.2 Å². The normalized spacial score (nSPS) is 10.5. The molecule has 128 valence electrons. The number of thiophene rings is 1. The van der Waals surface area contributed by atoms with E-state index in [9.17, 15) is 9.59 Å². The van der Waals surface area contributed by atoms with Crippen molar-refractivity contribution in [1.29, 1.82) is 0 Å². The lowest BCUT2D eigenvalue weighted by Crippen LogP contribution is -2.22. The monoisotopic (exact) mass is 428 g/mol. The Morgan fingerprint density at radius 2 is 2.00 bits per heavy atom. The first-order valence-electron chi connectivity index (χ1n) is 7.42. The van der Waals surface area contributed by atoms with E-state index in [2.05, 4.69) is 27.3 Å². The lowest BCUT2D eigenvalue weighted by molar-refractivity contribution is -0.116. The van der Waals surface area contributed by atoms with E-state index in [-0.39, 0.29) is 11.8 Å². The number of nitrogens with one attached hydrogen (secondary N) is 1. The number of carbonyl (C=O) groups excluding carboxylic acids is 2. The van der Waals surface area contributed by atoms with Crippen molar-refractivity contribution in [3.63, 3.8) is 0 Å². The van der Waals surface area contributed by atoms with Gasteiger partial charge in [-0.25, -0.2) is 0 Å². The second-order valence-corrected chi connectivity index (χ2v) is 8.46. The molecular formula is C17H18BrClN2O2S. The van der Waals surface area contributed by atoms with Gasteiger partial charge in [0, 0.05) is 31.1 Å². The maximum absolute atomic E-state index is 12.1. The summed E-state index contributed by atoms with van der Waals surface area (Å²) in [7, 11) is 3.32. The fourth-order valence-electron chi connectivity index (χ4n) is 2.14. The van der Waals surface area contributed by atoms with Crippen molar-refractivity contribution < 1.29 is 9.59 Å². The van der Waals surface area contributed by atoms with Crippen molar-refractivity contribution in [1.82, 2.24) is 4.90 Å². The predicted molar refractivity (Wildman–Crippen MR) is 103 cm³/mol. The van der Waals surface area contributed by atoms with E-state index >= 15 is 0 Å². The number of benzene rings is 1. The average Bonchev–Trinajstić information content (AvgIpc) is 2.94. The van der Waals surface area contributed by atoms with Gasteiger partial charge in [-0.3, -0.25) is 9.59 Å². The molecular weight excluding hydrogens is 412 g/mol. The van der Waals surface area contributed by atoms with Crippen molar-refractivity contribution in [2.24, 2.45) is 0 Å². The standard InChI is InChI=1S/C17H18BrClN2O2S/c1-21(2)17(23)13-10-11(6-8-14(13)19)20-16(22)5-3-4-12-7-9-15(18)24-12/h6-10H,3-5H2,1-2H3,(H,20,22). The van der Waals surface area contributed by atoms with Crippen molar-refractivity contribution >= 4 is 56.4 Å². The first kappa shape index (κ1) is 19.0. The van der Waals surface area contributed by atoms with Crippen LogP contribution >= 0.6 is 38.9 Å². The van der Waals surface area contributed by atoms with E-state index in [4.69, 9.17) is 11.6 Å². The molecule has 0 spiro atoms. The summed E-state index contributed by atoms with van der Waals surface area (Å²) in [6, 6.07) is 9.00. The highest BCUT2D eigenvalue weighted by atomic mass is 79.9. The van der Waals surface area contributed by atoms with Crippen LogP contribution in [0.4, 0.5) is 5.69 Å². The molecule has 0 saturated heterocycles. The van der Waals surface area contributed by atoms with Gasteiger partial charge in [0.2, 0.25) is 5.91 Å². The molecule has 0 unspecified atom stereocenters. The van der Waals surface area contributed by atoms with Crippen LogP contribution in [0.2, 0.25) is 5.02 Å². The third-order valence-electron chi connectivity index (χ3n) is 3.34. The zero-order valence-corrected chi connectivity index (χ0v) is 16.6. The number of nitrogens with zero attached hydrogens (tertiary/aromatic N) is 1. The van der Waals surface area contributed by atoms with Gasteiger partial charge in [-0.1, -0.05) is 11.6 Å². The summed E-state index contributed by atoms with van der Waals surface area (Å²) in [5.74, 6) is -0.268. The van der Waals surface area contributed by atoms with Crippen LogP contribution in [0.25, 0.3) is 0 Å². The maximum Gasteiger partial charge on any atom is 0.254 e. The highest BCUT2D eigenvalue weighted by molar-refractivity contribution is 9.11. The quantitative estimate of drug-likeness (QED) is 0.715. The molecule has 0 aliphatic heterocycles. The summed E-state index contributed by atoms with van der Waals surface area (Å²) in [5.41, 5.74) is 0.955. The average molecular weight is 430 g/mol. The van der Waals surface area contributed by atoms with Crippen molar-refractivity contribution in [2.75, 3.05) is 19.4 Å². The fraction of sp³-hybridized carbons (Fsp3) is 0.294. The Morgan fingerprint density at radius 3 is 2.62 bits per heavy atom. The number of amides is 2. The van der Waals surface area contributed by atoms with Crippen molar-refractivity contribution in [2.45, 2.75) is 19.3 Å². The zero-order valence-electron chi connectivity index (χ0n) is 13.4. The molecule has 0 fully saturated rings. The Hall–Kier alpha value is -1.37.